The fourth-order valence-corrected chi connectivity index (χ4v) is 0.969. The van der Waals surface area contributed by atoms with Gasteiger partial charge in [0.2, 0.25) is 5.95 Å². The lowest BCUT2D eigenvalue weighted by atomic mass is 9.78. The molecule has 2 N–H and O–H groups in total. The third kappa shape index (κ3) is 1.89. The average molecular weight is 199 g/mol. The molecule has 0 aliphatic heterocycles. The average Bonchev–Trinajstić information content (AvgIpc) is 2.16. The highest BCUT2D eigenvalue weighted by Crippen LogP contribution is 2.03. The Morgan fingerprint density at radius 2 is 2.29 bits per heavy atom. The van der Waals surface area contributed by atoms with E-state index in [0.717, 1.165) is 19.4 Å². The minimum Gasteiger partial charge on any atom is -0.465 e. The number of hydrogen-bond donors (Lipinski definition) is 2. The monoisotopic (exact) mass is 199 g/mol. The quantitative estimate of drug-likeness (QED) is 0.351. The summed E-state index contributed by atoms with van der Waals surface area (Å²) in [6, 6.07) is 1.12. The standard InChI is InChI=1S/C7H7BFNO4/c1-14-7(11)5-4(8(12)13)2-3-10-6(5)9/h2-3,12-13H,1H3. The van der Waals surface area contributed by atoms with Gasteiger partial charge in [-0.3, -0.25) is 0 Å². The zero-order valence-electron chi connectivity index (χ0n) is 7.27. The molecule has 0 atom stereocenters. The summed E-state index contributed by atoms with van der Waals surface area (Å²) >= 11 is 0. The number of carbonyl (C=O) groups is 1. The first kappa shape index (κ1) is 10.6. The Kier molecular flexibility index (Phi) is 3.16. The van der Waals surface area contributed by atoms with Crippen LogP contribution >= 0.6 is 0 Å². The molecule has 0 aromatic carbocycles. The van der Waals surface area contributed by atoms with E-state index in [2.05, 4.69) is 9.72 Å². The molecule has 14 heavy (non-hydrogen) atoms. The molecule has 7 heteroatoms. The third-order valence-electron chi connectivity index (χ3n) is 1.60. The van der Waals surface area contributed by atoms with E-state index in [0.29, 0.717) is 0 Å². The van der Waals surface area contributed by atoms with Crippen molar-refractivity contribution in [2.45, 2.75) is 0 Å². The van der Waals surface area contributed by atoms with E-state index in [1.54, 1.807) is 0 Å². The number of halogens is 1. The van der Waals surface area contributed by atoms with E-state index < -0.39 is 24.6 Å². The van der Waals surface area contributed by atoms with E-state index >= 15 is 0 Å². The van der Waals surface area contributed by atoms with Gasteiger partial charge in [-0.1, -0.05) is 0 Å². The molecule has 1 heterocycles. The zero-order valence-corrected chi connectivity index (χ0v) is 7.27. The van der Waals surface area contributed by atoms with Crippen LogP contribution in [-0.2, 0) is 4.74 Å². The molecule has 1 aromatic rings. The molecule has 0 saturated carbocycles. The van der Waals surface area contributed by atoms with Gasteiger partial charge < -0.3 is 14.8 Å². The molecule has 0 aliphatic rings. The number of rotatable bonds is 2. The number of aromatic nitrogens is 1. The molecule has 0 radical (unpaired) electrons. The first-order chi connectivity index (χ1) is 6.57. The summed E-state index contributed by atoms with van der Waals surface area (Å²) in [6.45, 7) is 0. The Morgan fingerprint density at radius 1 is 1.64 bits per heavy atom. The Morgan fingerprint density at radius 3 is 2.79 bits per heavy atom. The Balaban J connectivity index is 3.29. The van der Waals surface area contributed by atoms with Crippen molar-refractivity contribution in [3.8, 4) is 0 Å². The van der Waals surface area contributed by atoms with Gasteiger partial charge in [-0.05, 0) is 6.07 Å². The van der Waals surface area contributed by atoms with Crippen molar-refractivity contribution in [1.82, 2.24) is 4.98 Å². The molecule has 0 saturated heterocycles. The van der Waals surface area contributed by atoms with Crippen LogP contribution < -0.4 is 5.46 Å². The second-order valence-corrected chi connectivity index (χ2v) is 2.43. The largest absolute Gasteiger partial charge is 0.489 e. The first-order valence-electron chi connectivity index (χ1n) is 3.66. The zero-order chi connectivity index (χ0) is 10.7. The van der Waals surface area contributed by atoms with E-state index in [4.69, 9.17) is 10.0 Å². The summed E-state index contributed by atoms with van der Waals surface area (Å²) < 4.78 is 17.3. The number of nitrogens with zero attached hydrogens (tertiary/aromatic N) is 1. The van der Waals surface area contributed by atoms with Crippen molar-refractivity contribution in [2.24, 2.45) is 0 Å². The Bertz CT molecular complexity index is 358. The SMILES string of the molecule is COC(=O)c1c(B(O)O)ccnc1F. The van der Waals surface area contributed by atoms with Gasteiger partial charge in [-0.2, -0.15) is 4.39 Å². The van der Waals surface area contributed by atoms with Crippen molar-refractivity contribution in [3.05, 3.63) is 23.8 Å². The van der Waals surface area contributed by atoms with Crippen LogP contribution in [0.15, 0.2) is 12.3 Å². The number of ether oxygens (including phenoxy) is 1. The third-order valence-corrected chi connectivity index (χ3v) is 1.60. The van der Waals surface area contributed by atoms with Crippen LogP contribution in [0.3, 0.4) is 0 Å². The van der Waals surface area contributed by atoms with Crippen LogP contribution in [0.4, 0.5) is 4.39 Å². The maximum atomic E-state index is 13.0. The number of methoxy groups -OCH3 is 1. The van der Waals surface area contributed by atoms with Gasteiger partial charge in [-0.15, -0.1) is 0 Å². The van der Waals surface area contributed by atoms with Crippen molar-refractivity contribution >= 4 is 18.6 Å². The van der Waals surface area contributed by atoms with Crippen LogP contribution in [0.5, 0.6) is 0 Å². The van der Waals surface area contributed by atoms with Gasteiger partial charge in [0.25, 0.3) is 0 Å². The van der Waals surface area contributed by atoms with Gasteiger partial charge >= 0.3 is 13.1 Å². The second-order valence-electron chi connectivity index (χ2n) is 2.43. The Labute approximate surface area is 79.3 Å². The number of pyridine rings is 1. The summed E-state index contributed by atoms with van der Waals surface area (Å²) in [5, 5.41) is 17.7. The summed E-state index contributed by atoms with van der Waals surface area (Å²) in [6.07, 6.45) is 1.02. The minimum absolute atomic E-state index is 0.274. The summed E-state index contributed by atoms with van der Waals surface area (Å²) in [7, 11) is -0.885. The molecule has 5 nitrogen and oxygen atoms in total. The van der Waals surface area contributed by atoms with Crippen molar-refractivity contribution < 1.29 is 24.0 Å². The molecule has 0 spiro atoms. The lowest BCUT2D eigenvalue weighted by Gasteiger charge is -2.06. The topological polar surface area (TPSA) is 79.7 Å². The van der Waals surface area contributed by atoms with Crippen LogP contribution in [0.2, 0.25) is 0 Å². The second kappa shape index (κ2) is 4.16. The maximum absolute atomic E-state index is 13.0. The summed E-state index contributed by atoms with van der Waals surface area (Å²) in [5.74, 6) is -2.10. The highest BCUT2D eigenvalue weighted by atomic mass is 19.1. The van der Waals surface area contributed by atoms with Crippen molar-refractivity contribution in [1.29, 1.82) is 0 Å². The predicted molar refractivity (Wildman–Crippen MR) is 45.4 cm³/mol. The normalized spacial score (nSPS) is 9.71. The van der Waals surface area contributed by atoms with E-state index in [1.807, 2.05) is 0 Å². The minimum atomic E-state index is -1.94. The van der Waals surface area contributed by atoms with E-state index in [9.17, 15) is 9.18 Å². The van der Waals surface area contributed by atoms with Crippen LogP contribution in [0, 0.1) is 5.95 Å². The Hall–Kier alpha value is -1.47. The molecule has 74 valence electrons. The predicted octanol–water partition coefficient (Wildman–Crippen LogP) is -1.31. The fourth-order valence-electron chi connectivity index (χ4n) is 0.969. The molecule has 1 aromatic heterocycles. The number of esters is 1. The molecule has 0 aliphatic carbocycles. The van der Waals surface area contributed by atoms with Crippen molar-refractivity contribution in [2.75, 3.05) is 7.11 Å². The van der Waals surface area contributed by atoms with Gasteiger partial charge in [0.1, 0.15) is 5.56 Å². The lowest BCUT2D eigenvalue weighted by Crippen LogP contribution is -2.36. The smallest absolute Gasteiger partial charge is 0.465 e. The van der Waals surface area contributed by atoms with Crippen LogP contribution in [0.25, 0.3) is 0 Å². The molecule has 0 fully saturated rings. The number of carbonyl (C=O) groups excluding carboxylic acids is 1. The van der Waals surface area contributed by atoms with Gasteiger partial charge in [-0.25, -0.2) is 9.78 Å². The van der Waals surface area contributed by atoms with Crippen LogP contribution in [0.1, 0.15) is 10.4 Å². The van der Waals surface area contributed by atoms with E-state index in [-0.39, 0.29) is 5.46 Å². The van der Waals surface area contributed by atoms with Gasteiger partial charge in [0.15, 0.2) is 0 Å². The lowest BCUT2D eigenvalue weighted by molar-refractivity contribution is 0.0595. The molecule has 0 unspecified atom stereocenters. The highest BCUT2D eigenvalue weighted by molar-refractivity contribution is 6.60. The van der Waals surface area contributed by atoms with Gasteiger partial charge in [0.05, 0.1) is 7.11 Å². The van der Waals surface area contributed by atoms with Crippen LogP contribution in [-0.4, -0.2) is 35.2 Å². The molecule has 0 amide bonds. The first-order valence-corrected chi connectivity index (χ1v) is 3.66. The van der Waals surface area contributed by atoms with Gasteiger partial charge in [0, 0.05) is 11.7 Å². The molecule has 0 bridgehead atoms. The van der Waals surface area contributed by atoms with E-state index in [1.165, 1.54) is 0 Å². The maximum Gasteiger partial charge on any atom is 0.489 e. The molecular weight excluding hydrogens is 192 g/mol. The molecule has 1 rings (SSSR count). The fraction of sp³-hybridized carbons (Fsp3) is 0.143. The number of hydrogen-bond acceptors (Lipinski definition) is 5. The van der Waals surface area contributed by atoms with Crippen molar-refractivity contribution in [3.63, 3.8) is 0 Å². The summed E-state index contributed by atoms with van der Waals surface area (Å²) in [5.41, 5.74) is -0.839. The summed E-state index contributed by atoms with van der Waals surface area (Å²) in [4.78, 5) is 14.2. The molecular formula is C7H7BFNO4. The highest BCUT2D eigenvalue weighted by Gasteiger charge is 2.25.